The summed E-state index contributed by atoms with van der Waals surface area (Å²) in [4.78, 5) is 13.6. The van der Waals surface area contributed by atoms with Crippen LogP contribution in [0.1, 0.15) is 20.8 Å². The number of aromatic nitrogens is 1. The molecule has 2 aromatic carbocycles. The van der Waals surface area contributed by atoms with Crippen molar-refractivity contribution in [2.45, 2.75) is 13.0 Å². The van der Waals surface area contributed by atoms with Gasteiger partial charge in [0.2, 0.25) is 0 Å². The second-order valence-electron chi connectivity index (χ2n) is 5.36. The lowest BCUT2D eigenvalue weighted by atomic mass is 10.1. The maximum atomic E-state index is 12.9. The number of nitrogens with zero attached hydrogens (tertiary/aromatic N) is 1. The van der Waals surface area contributed by atoms with Gasteiger partial charge in [0.15, 0.2) is 10.6 Å². The minimum Gasteiger partial charge on any atom is -0.316 e. The van der Waals surface area contributed by atoms with Crippen molar-refractivity contribution in [3.63, 3.8) is 0 Å². The Kier molecular flexibility index (Phi) is 4.92. The molecule has 0 fully saturated rings. The van der Waals surface area contributed by atoms with Gasteiger partial charge in [-0.15, -0.1) is 11.3 Å². The quantitative estimate of drug-likeness (QED) is 0.677. The largest absolute Gasteiger partial charge is 0.316 e. The molecule has 0 amide bonds. The predicted octanol–water partition coefficient (Wildman–Crippen LogP) is 4.30. The fraction of sp³-hybridized carbons (Fsp3) is 0.111. The van der Waals surface area contributed by atoms with Crippen molar-refractivity contribution in [3.8, 4) is 0 Å². The van der Waals surface area contributed by atoms with Crippen LogP contribution in [-0.4, -0.2) is 10.4 Å². The number of Topliss-reactive ketones (excluding diaryl/α,β-unsaturated/α-hetero) is 1. The summed E-state index contributed by atoms with van der Waals surface area (Å²) in [5.74, 6) is -0.523. The SMILES string of the molecule is N=c1sc(Cc2ccc(Cl)cc2)cn1CC(=O)c1ccc(F)cc1. The molecule has 24 heavy (non-hydrogen) atoms. The molecule has 0 radical (unpaired) electrons. The van der Waals surface area contributed by atoms with Crippen molar-refractivity contribution >= 4 is 28.7 Å². The topological polar surface area (TPSA) is 45.9 Å². The van der Waals surface area contributed by atoms with E-state index >= 15 is 0 Å². The van der Waals surface area contributed by atoms with Crippen LogP contribution in [0.2, 0.25) is 5.02 Å². The Morgan fingerprint density at radius 2 is 1.79 bits per heavy atom. The summed E-state index contributed by atoms with van der Waals surface area (Å²) in [5, 5.41) is 8.72. The van der Waals surface area contributed by atoms with Gasteiger partial charge in [-0.1, -0.05) is 23.7 Å². The van der Waals surface area contributed by atoms with Crippen molar-refractivity contribution in [3.05, 3.63) is 86.4 Å². The van der Waals surface area contributed by atoms with Gasteiger partial charge < -0.3 is 4.57 Å². The Balaban J connectivity index is 1.74. The fourth-order valence-electron chi connectivity index (χ4n) is 2.33. The van der Waals surface area contributed by atoms with Crippen LogP contribution in [0.15, 0.2) is 54.7 Å². The number of benzene rings is 2. The van der Waals surface area contributed by atoms with Gasteiger partial charge in [0.25, 0.3) is 0 Å². The average molecular weight is 361 g/mol. The van der Waals surface area contributed by atoms with Gasteiger partial charge in [0.1, 0.15) is 5.82 Å². The van der Waals surface area contributed by atoms with Gasteiger partial charge in [-0.3, -0.25) is 10.2 Å². The van der Waals surface area contributed by atoms with E-state index in [0.717, 1.165) is 10.4 Å². The van der Waals surface area contributed by atoms with Gasteiger partial charge >= 0.3 is 0 Å². The summed E-state index contributed by atoms with van der Waals surface area (Å²) >= 11 is 7.21. The first-order chi connectivity index (χ1) is 11.5. The zero-order valence-corrected chi connectivity index (χ0v) is 14.2. The number of carbonyl (C=O) groups excluding carboxylic acids is 1. The van der Waals surface area contributed by atoms with Crippen LogP contribution in [0.25, 0.3) is 0 Å². The number of halogens is 2. The number of hydrogen-bond donors (Lipinski definition) is 1. The third-order valence-electron chi connectivity index (χ3n) is 3.56. The van der Waals surface area contributed by atoms with Crippen LogP contribution in [0.4, 0.5) is 4.39 Å². The summed E-state index contributed by atoms with van der Waals surface area (Å²) in [6.07, 6.45) is 2.51. The Morgan fingerprint density at radius 3 is 2.46 bits per heavy atom. The predicted molar refractivity (Wildman–Crippen MR) is 93.2 cm³/mol. The van der Waals surface area contributed by atoms with Gasteiger partial charge in [-0.2, -0.15) is 0 Å². The third-order valence-corrected chi connectivity index (χ3v) is 4.75. The molecule has 3 aromatic rings. The molecule has 6 heteroatoms. The molecule has 0 spiro atoms. The number of hydrogen-bond acceptors (Lipinski definition) is 3. The zero-order chi connectivity index (χ0) is 17.1. The standard InChI is InChI=1S/C18H14ClFN2OS/c19-14-5-1-12(2-6-14)9-16-10-22(18(21)24-16)11-17(23)13-3-7-15(20)8-4-13/h1-8,10,21H,9,11H2. The minimum absolute atomic E-state index is 0.0710. The molecule has 1 N–H and O–H groups in total. The van der Waals surface area contributed by atoms with E-state index < -0.39 is 0 Å². The van der Waals surface area contributed by atoms with Crippen LogP contribution in [-0.2, 0) is 13.0 Å². The zero-order valence-electron chi connectivity index (χ0n) is 12.6. The maximum Gasteiger partial charge on any atom is 0.182 e. The summed E-state index contributed by atoms with van der Waals surface area (Å²) < 4.78 is 14.5. The van der Waals surface area contributed by atoms with Crippen molar-refractivity contribution in [1.29, 1.82) is 5.41 Å². The first kappa shape index (κ1) is 16.6. The molecule has 0 aliphatic carbocycles. The monoisotopic (exact) mass is 360 g/mol. The summed E-state index contributed by atoms with van der Waals surface area (Å²) in [6, 6.07) is 13.0. The molecular formula is C18H14ClFN2OS. The Bertz CT molecular complexity index is 913. The minimum atomic E-state index is -0.374. The van der Waals surface area contributed by atoms with Gasteiger partial charge in [0, 0.05) is 28.1 Å². The molecule has 0 aliphatic rings. The van der Waals surface area contributed by atoms with E-state index in [1.165, 1.54) is 35.6 Å². The van der Waals surface area contributed by atoms with E-state index in [0.29, 0.717) is 21.8 Å². The molecule has 122 valence electrons. The Morgan fingerprint density at radius 1 is 1.12 bits per heavy atom. The van der Waals surface area contributed by atoms with Gasteiger partial charge in [0.05, 0.1) is 6.54 Å². The lowest BCUT2D eigenvalue weighted by Crippen LogP contribution is -2.18. The third kappa shape index (κ3) is 3.99. The van der Waals surface area contributed by atoms with Gasteiger partial charge in [-0.25, -0.2) is 4.39 Å². The lowest BCUT2D eigenvalue weighted by molar-refractivity contribution is 0.0971. The molecule has 3 nitrogen and oxygen atoms in total. The second-order valence-corrected chi connectivity index (χ2v) is 6.92. The van der Waals surface area contributed by atoms with Crippen molar-refractivity contribution in [2.24, 2.45) is 0 Å². The summed E-state index contributed by atoms with van der Waals surface area (Å²) in [6.45, 7) is 0.0710. The average Bonchev–Trinajstić information content (AvgIpc) is 2.89. The number of nitrogens with one attached hydrogen (secondary N) is 1. The van der Waals surface area contributed by atoms with E-state index in [2.05, 4.69) is 0 Å². The molecule has 0 aliphatic heterocycles. The van der Waals surface area contributed by atoms with E-state index in [-0.39, 0.29) is 18.1 Å². The molecule has 0 bridgehead atoms. The first-order valence-electron chi connectivity index (χ1n) is 7.28. The highest BCUT2D eigenvalue weighted by Crippen LogP contribution is 2.15. The Labute approximate surface area is 147 Å². The molecule has 0 unspecified atom stereocenters. The van der Waals surface area contributed by atoms with Crippen molar-refractivity contribution in [2.75, 3.05) is 0 Å². The van der Waals surface area contributed by atoms with Crippen LogP contribution >= 0.6 is 22.9 Å². The molecule has 1 aromatic heterocycles. The molecule has 1 heterocycles. The highest BCUT2D eigenvalue weighted by Gasteiger charge is 2.10. The number of ketones is 1. The van der Waals surface area contributed by atoms with E-state index in [1.807, 2.05) is 30.5 Å². The van der Waals surface area contributed by atoms with Gasteiger partial charge in [-0.05, 0) is 42.0 Å². The molecule has 0 atom stereocenters. The number of carbonyl (C=O) groups is 1. The molecular weight excluding hydrogens is 347 g/mol. The van der Waals surface area contributed by atoms with Crippen molar-refractivity contribution in [1.82, 2.24) is 4.57 Å². The molecule has 3 rings (SSSR count). The second kappa shape index (κ2) is 7.11. The first-order valence-corrected chi connectivity index (χ1v) is 8.47. The highest BCUT2D eigenvalue weighted by atomic mass is 35.5. The van der Waals surface area contributed by atoms with Crippen LogP contribution in [0.5, 0.6) is 0 Å². The smallest absolute Gasteiger partial charge is 0.182 e. The lowest BCUT2D eigenvalue weighted by Gasteiger charge is -2.02. The number of thiazole rings is 1. The molecule has 0 saturated heterocycles. The molecule has 0 saturated carbocycles. The fourth-order valence-corrected chi connectivity index (χ4v) is 3.35. The van der Waals surface area contributed by atoms with Crippen LogP contribution in [0, 0.1) is 11.2 Å². The van der Waals surface area contributed by atoms with Crippen LogP contribution < -0.4 is 4.80 Å². The van der Waals surface area contributed by atoms with E-state index in [1.54, 1.807) is 4.57 Å². The Hall–Kier alpha value is -2.24. The highest BCUT2D eigenvalue weighted by molar-refractivity contribution is 7.09. The van der Waals surface area contributed by atoms with Crippen LogP contribution in [0.3, 0.4) is 0 Å². The normalized spacial score (nSPS) is 10.8. The maximum absolute atomic E-state index is 12.9. The summed E-state index contributed by atoms with van der Waals surface area (Å²) in [7, 11) is 0. The summed E-state index contributed by atoms with van der Waals surface area (Å²) in [5.41, 5.74) is 1.53. The van der Waals surface area contributed by atoms with E-state index in [4.69, 9.17) is 17.0 Å². The number of rotatable bonds is 5. The van der Waals surface area contributed by atoms with Crippen molar-refractivity contribution < 1.29 is 9.18 Å². The van der Waals surface area contributed by atoms with E-state index in [9.17, 15) is 9.18 Å².